The van der Waals surface area contributed by atoms with Crippen molar-refractivity contribution in [2.75, 3.05) is 27.2 Å². The summed E-state index contributed by atoms with van der Waals surface area (Å²) in [6.07, 6.45) is 1.56. The number of nitrogens with zero attached hydrogens (tertiary/aromatic N) is 1. The standard InChI is InChI=1S/C10H17NO3/c1-11-5-3-8(7-10(13)14-2)9(12)4-6-11/h8H,3-7H2,1-2H3. The highest BCUT2D eigenvalue weighted by molar-refractivity contribution is 5.85. The summed E-state index contributed by atoms with van der Waals surface area (Å²) < 4.78 is 4.56. The Bertz CT molecular complexity index is 227. The number of carbonyl (C=O) groups is 2. The second-order valence-electron chi connectivity index (χ2n) is 3.79. The molecule has 1 heterocycles. The number of likely N-dealkylation sites (tertiary alicyclic amines) is 1. The maximum absolute atomic E-state index is 11.6. The van der Waals surface area contributed by atoms with Gasteiger partial charge in [0.05, 0.1) is 13.5 Å². The molecule has 4 nitrogen and oxygen atoms in total. The van der Waals surface area contributed by atoms with Gasteiger partial charge in [0.25, 0.3) is 0 Å². The SMILES string of the molecule is COC(=O)CC1CCN(C)CCC1=O. The molecule has 0 bridgehead atoms. The van der Waals surface area contributed by atoms with Crippen LogP contribution in [-0.2, 0) is 14.3 Å². The molecule has 1 unspecified atom stereocenters. The minimum Gasteiger partial charge on any atom is -0.469 e. The van der Waals surface area contributed by atoms with E-state index in [9.17, 15) is 9.59 Å². The first-order valence-electron chi connectivity index (χ1n) is 4.91. The summed E-state index contributed by atoms with van der Waals surface area (Å²) in [6, 6.07) is 0. The molecule has 0 amide bonds. The van der Waals surface area contributed by atoms with Crippen LogP contribution in [0.2, 0.25) is 0 Å². The van der Waals surface area contributed by atoms with Crippen LogP contribution in [0.5, 0.6) is 0 Å². The van der Waals surface area contributed by atoms with Crippen LogP contribution < -0.4 is 0 Å². The molecule has 4 heteroatoms. The topological polar surface area (TPSA) is 46.6 Å². The van der Waals surface area contributed by atoms with E-state index in [1.165, 1.54) is 7.11 Å². The van der Waals surface area contributed by atoms with E-state index in [1.54, 1.807) is 0 Å². The molecule has 0 N–H and O–H groups in total. The van der Waals surface area contributed by atoms with E-state index in [0.29, 0.717) is 6.42 Å². The van der Waals surface area contributed by atoms with Gasteiger partial charge in [0.2, 0.25) is 0 Å². The quantitative estimate of drug-likeness (QED) is 0.606. The number of hydrogen-bond acceptors (Lipinski definition) is 4. The van der Waals surface area contributed by atoms with Gasteiger partial charge in [0, 0.05) is 18.9 Å². The van der Waals surface area contributed by atoms with Crippen molar-refractivity contribution in [2.45, 2.75) is 19.3 Å². The Balaban J connectivity index is 2.49. The van der Waals surface area contributed by atoms with Crippen molar-refractivity contribution in [1.82, 2.24) is 4.90 Å². The first-order chi connectivity index (χ1) is 6.63. The first kappa shape index (κ1) is 11.2. The number of Topliss-reactive ketones (excluding diaryl/α,β-unsaturated/α-hetero) is 1. The monoisotopic (exact) mass is 199 g/mol. The Morgan fingerprint density at radius 1 is 1.57 bits per heavy atom. The lowest BCUT2D eigenvalue weighted by Crippen LogP contribution is -2.19. The van der Waals surface area contributed by atoms with Gasteiger partial charge in [-0.05, 0) is 20.0 Å². The van der Waals surface area contributed by atoms with E-state index in [0.717, 1.165) is 19.5 Å². The molecule has 0 saturated carbocycles. The molecular weight excluding hydrogens is 182 g/mol. The molecule has 1 saturated heterocycles. The molecular formula is C10H17NO3. The van der Waals surface area contributed by atoms with E-state index in [1.807, 2.05) is 7.05 Å². The van der Waals surface area contributed by atoms with Crippen molar-refractivity contribution in [3.8, 4) is 0 Å². The molecule has 14 heavy (non-hydrogen) atoms. The van der Waals surface area contributed by atoms with E-state index >= 15 is 0 Å². The third kappa shape index (κ3) is 3.10. The Labute approximate surface area is 84.2 Å². The zero-order valence-electron chi connectivity index (χ0n) is 8.78. The molecule has 1 atom stereocenters. The summed E-state index contributed by atoms with van der Waals surface area (Å²) >= 11 is 0. The smallest absolute Gasteiger partial charge is 0.306 e. The lowest BCUT2D eigenvalue weighted by Gasteiger charge is -2.12. The van der Waals surface area contributed by atoms with Crippen molar-refractivity contribution in [1.29, 1.82) is 0 Å². The molecule has 0 aromatic heterocycles. The molecule has 1 rings (SSSR count). The molecule has 1 fully saturated rings. The van der Waals surface area contributed by atoms with Gasteiger partial charge in [-0.25, -0.2) is 0 Å². The molecule has 1 aliphatic rings. The van der Waals surface area contributed by atoms with Crippen molar-refractivity contribution in [3.63, 3.8) is 0 Å². The summed E-state index contributed by atoms with van der Waals surface area (Å²) in [5.41, 5.74) is 0. The van der Waals surface area contributed by atoms with E-state index in [-0.39, 0.29) is 24.1 Å². The van der Waals surface area contributed by atoms with E-state index in [2.05, 4.69) is 9.64 Å². The number of hydrogen-bond donors (Lipinski definition) is 0. The minimum atomic E-state index is -0.284. The van der Waals surface area contributed by atoms with Crippen LogP contribution in [0.25, 0.3) is 0 Å². The average Bonchev–Trinajstić information content (AvgIpc) is 2.33. The van der Waals surface area contributed by atoms with Crippen molar-refractivity contribution in [2.24, 2.45) is 5.92 Å². The van der Waals surface area contributed by atoms with E-state index in [4.69, 9.17) is 0 Å². The Morgan fingerprint density at radius 3 is 2.93 bits per heavy atom. The Morgan fingerprint density at radius 2 is 2.29 bits per heavy atom. The second-order valence-corrected chi connectivity index (χ2v) is 3.79. The van der Waals surface area contributed by atoms with Gasteiger partial charge in [-0.1, -0.05) is 0 Å². The zero-order chi connectivity index (χ0) is 10.6. The molecule has 0 aromatic carbocycles. The normalized spacial score (nSPS) is 24.4. The first-order valence-corrected chi connectivity index (χ1v) is 4.91. The summed E-state index contributed by atoms with van der Waals surface area (Å²) in [4.78, 5) is 24.7. The van der Waals surface area contributed by atoms with Crippen molar-refractivity contribution >= 4 is 11.8 Å². The van der Waals surface area contributed by atoms with Crippen LogP contribution in [0.15, 0.2) is 0 Å². The summed E-state index contributed by atoms with van der Waals surface area (Å²) in [5.74, 6) is -0.222. The molecule has 0 spiro atoms. The second kappa shape index (κ2) is 5.10. The van der Waals surface area contributed by atoms with Gasteiger partial charge < -0.3 is 9.64 Å². The van der Waals surface area contributed by atoms with Crippen LogP contribution in [0.3, 0.4) is 0 Å². The van der Waals surface area contributed by atoms with Gasteiger partial charge in [0.1, 0.15) is 5.78 Å². The van der Waals surface area contributed by atoms with Crippen molar-refractivity contribution < 1.29 is 14.3 Å². The third-order valence-electron chi connectivity index (χ3n) is 2.70. The molecule has 0 radical (unpaired) electrons. The summed E-state index contributed by atoms with van der Waals surface area (Å²) in [6.45, 7) is 1.68. The predicted molar refractivity (Wildman–Crippen MR) is 51.9 cm³/mol. The number of carbonyl (C=O) groups excluding carboxylic acids is 2. The Hall–Kier alpha value is -0.900. The van der Waals surface area contributed by atoms with Crippen LogP contribution in [0.4, 0.5) is 0 Å². The molecule has 0 aromatic rings. The highest BCUT2D eigenvalue weighted by Gasteiger charge is 2.25. The molecule has 0 aliphatic carbocycles. The number of methoxy groups -OCH3 is 1. The third-order valence-corrected chi connectivity index (χ3v) is 2.70. The van der Waals surface area contributed by atoms with E-state index < -0.39 is 0 Å². The average molecular weight is 199 g/mol. The van der Waals surface area contributed by atoms with Crippen molar-refractivity contribution in [3.05, 3.63) is 0 Å². The number of rotatable bonds is 2. The highest BCUT2D eigenvalue weighted by Crippen LogP contribution is 2.17. The summed E-state index contributed by atoms with van der Waals surface area (Å²) in [7, 11) is 3.35. The number of ketones is 1. The van der Waals surface area contributed by atoms with Crippen LogP contribution in [0, 0.1) is 5.92 Å². The maximum Gasteiger partial charge on any atom is 0.306 e. The van der Waals surface area contributed by atoms with Gasteiger partial charge in [-0.2, -0.15) is 0 Å². The molecule has 1 aliphatic heterocycles. The fourth-order valence-electron chi connectivity index (χ4n) is 1.65. The zero-order valence-corrected chi connectivity index (χ0v) is 8.78. The number of ether oxygens (including phenoxy) is 1. The van der Waals surface area contributed by atoms with Crippen LogP contribution in [0.1, 0.15) is 19.3 Å². The van der Waals surface area contributed by atoms with Crippen LogP contribution >= 0.6 is 0 Å². The van der Waals surface area contributed by atoms with Gasteiger partial charge in [-0.3, -0.25) is 9.59 Å². The number of esters is 1. The Kier molecular flexibility index (Phi) is 4.07. The molecule has 80 valence electrons. The highest BCUT2D eigenvalue weighted by atomic mass is 16.5. The summed E-state index contributed by atoms with van der Waals surface area (Å²) in [5, 5.41) is 0. The lowest BCUT2D eigenvalue weighted by atomic mass is 9.96. The predicted octanol–water partition coefficient (Wildman–Crippen LogP) is 0.460. The van der Waals surface area contributed by atoms with Gasteiger partial charge >= 0.3 is 5.97 Å². The maximum atomic E-state index is 11.6. The van der Waals surface area contributed by atoms with Crippen LogP contribution in [-0.4, -0.2) is 43.9 Å². The fraction of sp³-hybridized carbons (Fsp3) is 0.800. The lowest BCUT2D eigenvalue weighted by molar-refractivity contribution is -0.143. The van der Waals surface area contributed by atoms with Gasteiger partial charge in [-0.15, -0.1) is 0 Å². The minimum absolute atomic E-state index is 0.132. The fourth-order valence-corrected chi connectivity index (χ4v) is 1.65. The largest absolute Gasteiger partial charge is 0.469 e. The van der Waals surface area contributed by atoms with Gasteiger partial charge in [0.15, 0.2) is 0 Å².